The fraction of sp³-hybridized carbons (Fsp3) is 0.259. The first kappa shape index (κ1) is 33.9. The average Bonchev–Trinajstić information content (AvgIpc) is 3.66. The van der Waals surface area contributed by atoms with Gasteiger partial charge in [0.25, 0.3) is 21.2 Å². The number of carboxylic acids is 2. The van der Waals surface area contributed by atoms with E-state index >= 15 is 0 Å². The zero-order valence-corrected chi connectivity index (χ0v) is 27.6. The maximum Gasteiger partial charge on any atom is 0.422 e. The first-order valence-corrected chi connectivity index (χ1v) is 17.5. The summed E-state index contributed by atoms with van der Waals surface area (Å²) >= 11 is 2.67. The molecule has 2 aliphatic rings. The van der Waals surface area contributed by atoms with Crippen LogP contribution in [0.5, 0.6) is 0 Å². The van der Waals surface area contributed by atoms with Crippen LogP contribution in [0, 0.1) is 16.1 Å². The third kappa shape index (κ3) is 6.95. The molecule has 0 unspecified atom stereocenters. The molecule has 0 bridgehead atoms. The second kappa shape index (κ2) is 13.0. The van der Waals surface area contributed by atoms with E-state index in [1.807, 2.05) is 30.0 Å². The van der Waals surface area contributed by atoms with Gasteiger partial charge < -0.3 is 19.8 Å². The molecule has 2 aliphatic heterocycles. The minimum Gasteiger partial charge on any atom is -0.480 e. The number of ether oxygens (including phenoxy) is 1. The molecule has 4 heterocycles. The van der Waals surface area contributed by atoms with Gasteiger partial charge in [-0.15, -0.1) is 22.7 Å². The number of aliphatic carboxylic acids is 2. The molecule has 248 valence electrons. The number of thiazole rings is 2. The number of aromatic nitrogens is 2. The molecular formula is C27H24N4O12S4. The lowest BCUT2D eigenvalue weighted by molar-refractivity contribution is -0.138. The van der Waals surface area contributed by atoms with Crippen molar-refractivity contribution in [1.82, 2.24) is 14.0 Å². The van der Waals surface area contributed by atoms with E-state index in [9.17, 15) is 52.0 Å². The Kier molecular flexibility index (Phi) is 9.33. The average molecular weight is 725 g/mol. The van der Waals surface area contributed by atoms with E-state index in [4.69, 9.17) is 4.74 Å². The minimum absolute atomic E-state index is 0.00858. The molecule has 5 rings (SSSR count). The SMILES string of the molecule is Cc1ccc2c(c1)N(CCCS(=O)(=O)O)C(=CC=c1s/c(=c3/sc(=C4OC(=O)N(C)C4=O)n(CC(=O)O)c3=O)n(CC(=O)O)c1=O)S2. The van der Waals surface area contributed by atoms with Crippen molar-refractivity contribution in [3.63, 3.8) is 0 Å². The molecule has 1 saturated heterocycles. The number of imide groups is 1. The molecule has 16 nitrogen and oxygen atoms in total. The summed E-state index contributed by atoms with van der Waals surface area (Å²) in [7, 11) is -3.07. The van der Waals surface area contributed by atoms with Crippen molar-refractivity contribution in [1.29, 1.82) is 0 Å². The normalized spacial score (nSPS) is 17.9. The van der Waals surface area contributed by atoms with E-state index in [0.29, 0.717) is 25.8 Å². The largest absolute Gasteiger partial charge is 0.480 e. The summed E-state index contributed by atoms with van der Waals surface area (Å²) in [5.74, 6) is -4.85. The lowest BCUT2D eigenvalue weighted by Crippen LogP contribution is -2.32. The predicted octanol–water partition coefficient (Wildman–Crippen LogP) is 0.127. The predicted molar refractivity (Wildman–Crippen MR) is 170 cm³/mol. The van der Waals surface area contributed by atoms with Gasteiger partial charge in [-0.1, -0.05) is 17.8 Å². The van der Waals surface area contributed by atoms with Crippen LogP contribution in [0.3, 0.4) is 0 Å². The van der Waals surface area contributed by atoms with Crippen LogP contribution in [0.4, 0.5) is 10.5 Å². The quantitative estimate of drug-likeness (QED) is 0.250. The number of rotatable bonds is 9. The molecule has 2 amide bonds. The fourth-order valence-electron chi connectivity index (χ4n) is 4.66. The number of carbonyl (C=O) groups is 4. The van der Waals surface area contributed by atoms with E-state index in [1.54, 1.807) is 6.08 Å². The molecule has 0 spiro atoms. The summed E-state index contributed by atoms with van der Waals surface area (Å²) in [5.41, 5.74) is 0.00584. The van der Waals surface area contributed by atoms with Gasteiger partial charge in [-0.2, -0.15) is 8.42 Å². The van der Waals surface area contributed by atoms with Crippen LogP contribution >= 0.6 is 34.4 Å². The number of aryl methyl sites for hydroxylation is 1. The lowest BCUT2D eigenvalue weighted by Gasteiger charge is -2.20. The molecule has 20 heteroatoms. The van der Waals surface area contributed by atoms with Crippen LogP contribution in [0.25, 0.3) is 11.8 Å². The van der Waals surface area contributed by atoms with E-state index in [-0.39, 0.29) is 31.4 Å². The molecule has 0 radical (unpaired) electrons. The molecule has 1 aromatic carbocycles. The second-order valence-corrected chi connectivity index (χ2v) is 14.8. The van der Waals surface area contributed by atoms with Crippen LogP contribution in [0.15, 0.2) is 43.8 Å². The minimum atomic E-state index is -4.20. The Morgan fingerprint density at radius 2 is 1.62 bits per heavy atom. The zero-order valence-electron chi connectivity index (χ0n) is 24.4. The van der Waals surface area contributed by atoms with E-state index in [0.717, 1.165) is 39.1 Å². The third-order valence-corrected chi connectivity index (χ3v) is 11.2. The Morgan fingerprint density at radius 3 is 2.21 bits per heavy atom. The maximum absolute atomic E-state index is 13.5. The number of anilines is 1. The van der Waals surface area contributed by atoms with Crippen molar-refractivity contribution in [2.24, 2.45) is 0 Å². The highest BCUT2D eigenvalue weighted by molar-refractivity contribution is 8.03. The van der Waals surface area contributed by atoms with Gasteiger partial charge in [0.05, 0.1) is 21.0 Å². The Hall–Kier alpha value is -4.50. The zero-order chi connectivity index (χ0) is 34.4. The summed E-state index contributed by atoms with van der Waals surface area (Å²) in [4.78, 5) is 78.3. The number of benzene rings is 1. The maximum atomic E-state index is 13.5. The van der Waals surface area contributed by atoms with Crippen molar-refractivity contribution in [2.75, 3.05) is 24.2 Å². The first-order valence-electron chi connectivity index (χ1n) is 13.4. The number of amides is 2. The number of carbonyl (C=O) groups excluding carboxylic acids is 2. The van der Waals surface area contributed by atoms with Gasteiger partial charge in [-0.05, 0) is 43.2 Å². The van der Waals surface area contributed by atoms with Gasteiger partial charge in [0.1, 0.15) is 26.9 Å². The van der Waals surface area contributed by atoms with Gasteiger partial charge in [0.15, 0.2) is 0 Å². The molecule has 1 fully saturated rings. The number of allylic oxidation sites excluding steroid dienone is 1. The second-order valence-electron chi connectivity index (χ2n) is 10.2. The summed E-state index contributed by atoms with van der Waals surface area (Å²) < 4.78 is 37.7. The summed E-state index contributed by atoms with van der Waals surface area (Å²) in [6, 6.07) is 5.68. The highest BCUT2D eigenvalue weighted by Gasteiger charge is 2.36. The monoisotopic (exact) mass is 724 g/mol. The van der Waals surface area contributed by atoms with Crippen molar-refractivity contribution < 1.29 is 47.1 Å². The number of carboxylic acid groups (broad SMARTS) is 2. The number of nitrogens with zero attached hydrogens (tertiary/aromatic N) is 4. The number of likely N-dealkylation sites (N-methyl/N-ethyl adjacent to an activating group) is 1. The Morgan fingerprint density at radius 1 is 0.957 bits per heavy atom. The highest BCUT2D eigenvalue weighted by Crippen LogP contribution is 2.46. The topological polar surface area (TPSA) is 223 Å². The fourth-order valence-corrected chi connectivity index (χ4v) is 8.52. The van der Waals surface area contributed by atoms with Crippen molar-refractivity contribution in [3.8, 4) is 0 Å². The summed E-state index contributed by atoms with van der Waals surface area (Å²) in [6.45, 7) is 0.319. The van der Waals surface area contributed by atoms with Crippen LogP contribution in [-0.4, -0.2) is 80.5 Å². The Labute approximate surface area is 275 Å². The van der Waals surface area contributed by atoms with Gasteiger partial charge >= 0.3 is 23.9 Å². The van der Waals surface area contributed by atoms with Gasteiger partial charge in [-0.25, -0.2) is 9.69 Å². The molecule has 0 saturated carbocycles. The summed E-state index contributed by atoms with van der Waals surface area (Å²) in [6.07, 6.45) is 2.05. The molecule has 2 aromatic heterocycles. The van der Waals surface area contributed by atoms with Gasteiger partial charge in [-0.3, -0.25) is 37.7 Å². The Balaban J connectivity index is 1.73. The molecular weight excluding hydrogens is 701 g/mol. The standard InChI is InChI=1S/C27H24N4O12S4/c1-13-4-5-15-14(10-13)29(8-3-9-47(40,41)42)17(44-15)7-6-16-22(36)30(11-18(32)33)26(45-16)21-24(38)31(12-19(34)35)25(46-21)20-23(37)28(2)27(39)43-20/h4-7,10H,3,8-9,11-12H2,1-2H3,(H,32,33)(H,34,35)(H,40,41,42)/b16-6?,17-7?,25-20?,26-21+. The first-order chi connectivity index (χ1) is 22.1. The molecule has 47 heavy (non-hydrogen) atoms. The number of hydrogen-bond acceptors (Lipinski definition) is 13. The van der Waals surface area contributed by atoms with Crippen molar-refractivity contribution >= 4 is 86.0 Å². The Bertz CT molecular complexity index is 2350. The van der Waals surface area contributed by atoms with Crippen LogP contribution < -0.4 is 25.2 Å². The summed E-state index contributed by atoms with van der Waals surface area (Å²) in [5, 5.41) is 19.6. The number of hydrogen-bond donors (Lipinski definition) is 3. The third-order valence-electron chi connectivity index (χ3n) is 6.78. The van der Waals surface area contributed by atoms with Crippen LogP contribution in [0.1, 0.15) is 12.0 Å². The van der Waals surface area contributed by atoms with Crippen LogP contribution in [-0.2, 0) is 42.3 Å². The highest BCUT2D eigenvalue weighted by atomic mass is 32.2. The number of cyclic esters (lactones) is 1. The number of fused-ring (bicyclic) bond motifs is 1. The molecule has 3 aromatic rings. The molecule has 0 atom stereocenters. The van der Waals surface area contributed by atoms with Gasteiger partial charge in [0.2, 0.25) is 5.76 Å². The van der Waals surface area contributed by atoms with E-state index in [2.05, 4.69) is 0 Å². The smallest absolute Gasteiger partial charge is 0.422 e. The molecule has 3 N–H and O–H groups in total. The lowest BCUT2D eigenvalue weighted by atomic mass is 10.2. The van der Waals surface area contributed by atoms with Crippen molar-refractivity contribution in [2.45, 2.75) is 31.3 Å². The number of thioether (sulfide) groups is 1. The van der Waals surface area contributed by atoms with E-state index in [1.165, 1.54) is 17.8 Å². The molecule has 0 aliphatic carbocycles. The van der Waals surface area contributed by atoms with E-state index < -0.39 is 69.8 Å². The van der Waals surface area contributed by atoms with Crippen molar-refractivity contribution in [3.05, 3.63) is 74.0 Å². The van der Waals surface area contributed by atoms with Gasteiger partial charge in [0, 0.05) is 18.5 Å². The van der Waals surface area contributed by atoms with Crippen LogP contribution in [0.2, 0.25) is 0 Å².